The van der Waals surface area contributed by atoms with Crippen LogP contribution in [0.15, 0.2) is 46.9 Å². The molecular weight excluding hydrogens is 310 g/mol. The quantitative estimate of drug-likeness (QED) is 0.703. The monoisotopic (exact) mass is 329 g/mol. The van der Waals surface area contributed by atoms with Crippen LogP contribution in [0, 0.1) is 6.92 Å². The number of halogens is 1. The molecule has 0 saturated heterocycles. The molecule has 0 aliphatic heterocycles. The second-order valence-electron chi connectivity index (χ2n) is 5.55. The van der Waals surface area contributed by atoms with E-state index in [1.165, 1.54) is 52.5 Å². The maximum atomic E-state index is 3.76. The molecule has 0 heterocycles. The minimum atomic E-state index is 0.432. The Hall–Kier alpha value is -1.28. The predicted octanol–water partition coefficient (Wildman–Crippen LogP) is 5.64. The van der Waals surface area contributed by atoms with Crippen molar-refractivity contribution in [1.29, 1.82) is 0 Å². The summed E-state index contributed by atoms with van der Waals surface area (Å²) in [4.78, 5) is 0. The molecule has 0 fully saturated rings. The van der Waals surface area contributed by atoms with Gasteiger partial charge in [0.15, 0.2) is 0 Å². The van der Waals surface area contributed by atoms with E-state index in [0.717, 1.165) is 0 Å². The highest BCUT2D eigenvalue weighted by atomic mass is 79.9. The van der Waals surface area contributed by atoms with Crippen molar-refractivity contribution in [2.45, 2.75) is 38.6 Å². The normalized spacial score (nSPS) is 18.2. The summed E-state index contributed by atoms with van der Waals surface area (Å²) in [6, 6.07) is 15.7. The standard InChI is InChI=1S/C18H20BrN/c1-13-16(19)10-6-12-17(13)20-18-11-5-3-8-14-7-2-4-9-15(14)18/h2,4,6-7,9-10,12,18,20H,3,5,8,11H2,1H3. The second kappa shape index (κ2) is 6.01. The number of anilines is 1. The van der Waals surface area contributed by atoms with E-state index in [9.17, 15) is 0 Å². The van der Waals surface area contributed by atoms with Crippen molar-refractivity contribution in [3.8, 4) is 0 Å². The van der Waals surface area contributed by atoms with Gasteiger partial charge in [-0.3, -0.25) is 0 Å². The van der Waals surface area contributed by atoms with Crippen LogP contribution in [0.4, 0.5) is 5.69 Å². The van der Waals surface area contributed by atoms with Crippen molar-refractivity contribution in [1.82, 2.24) is 0 Å². The molecule has 0 saturated carbocycles. The van der Waals surface area contributed by atoms with Gasteiger partial charge in [-0.15, -0.1) is 0 Å². The maximum Gasteiger partial charge on any atom is 0.0516 e. The number of aryl methyl sites for hydroxylation is 1. The molecule has 1 N–H and O–H groups in total. The molecule has 1 aliphatic carbocycles. The van der Waals surface area contributed by atoms with Crippen molar-refractivity contribution in [2.24, 2.45) is 0 Å². The first kappa shape index (κ1) is 13.7. The molecular formula is C18H20BrN. The van der Waals surface area contributed by atoms with Gasteiger partial charge < -0.3 is 5.32 Å². The van der Waals surface area contributed by atoms with E-state index in [2.05, 4.69) is 70.6 Å². The Morgan fingerprint density at radius 2 is 1.90 bits per heavy atom. The van der Waals surface area contributed by atoms with Gasteiger partial charge in [-0.05, 0) is 55.0 Å². The van der Waals surface area contributed by atoms with Gasteiger partial charge in [-0.25, -0.2) is 0 Å². The Morgan fingerprint density at radius 1 is 1.05 bits per heavy atom. The van der Waals surface area contributed by atoms with Crippen LogP contribution in [0.1, 0.15) is 42.0 Å². The molecule has 0 spiro atoms. The molecule has 104 valence electrons. The molecule has 0 radical (unpaired) electrons. The van der Waals surface area contributed by atoms with E-state index in [1.54, 1.807) is 0 Å². The molecule has 0 aromatic heterocycles. The van der Waals surface area contributed by atoms with Gasteiger partial charge in [0.25, 0.3) is 0 Å². The summed E-state index contributed by atoms with van der Waals surface area (Å²) < 4.78 is 1.17. The first-order chi connectivity index (χ1) is 9.75. The minimum Gasteiger partial charge on any atom is -0.378 e. The first-order valence-corrected chi connectivity index (χ1v) is 8.14. The van der Waals surface area contributed by atoms with Gasteiger partial charge in [-0.1, -0.05) is 52.7 Å². The zero-order valence-corrected chi connectivity index (χ0v) is 13.4. The number of hydrogen-bond acceptors (Lipinski definition) is 1. The van der Waals surface area contributed by atoms with E-state index in [1.807, 2.05) is 0 Å². The topological polar surface area (TPSA) is 12.0 Å². The van der Waals surface area contributed by atoms with Crippen LogP contribution in [0.3, 0.4) is 0 Å². The number of hydrogen-bond donors (Lipinski definition) is 1. The Balaban J connectivity index is 1.92. The smallest absolute Gasteiger partial charge is 0.0516 e. The highest BCUT2D eigenvalue weighted by Crippen LogP contribution is 2.33. The van der Waals surface area contributed by atoms with Crippen LogP contribution >= 0.6 is 15.9 Å². The number of nitrogens with one attached hydrogen (secondary N) is 1. The van der Waals surface area contributed by atoms with Crippen LogP contribution < -0.4 is 5.32 Å². The van der Waals surface area contributed by atoms with Crippen molar-refractivity contribution in [3.05, 3.63) is 63.6 Å². The van der Waals surface area contributed by atoms with Crippen LogP contribution in [0.5, 0.6) is 0 Å². The van der Waals surface area contributed by atoms with Crippen LogP contribution in [0.2, 0.25) is 0 Å². The van der Waals surface area contributed by atoms with Crippen molar-refractivity contribution >= 4 is 21.6 Å². The van der Waals surface area contributed by atoms with Gasteiger partial charge in [0.05, 0.1) is 6.04 Å². The Morgan fingerprint density at radius 3 is 2.80 bits per heavy atom. The fraction of sp³-hybridized carbons (Fsp3) is 0.333. The first-order valence-electron chi connectivity index (χ1n) is 7.35. The van der Waals surface area contributed by atoms with E-state index in [-0.39, 0.29) is 0 Å². The lowest BCUT2D eigenvalue weighted by molar-refractivity contribution is 0.644. The number of benzene rings is 2. The Bertz CT molecular complexity index is 606. The summed E-state index contributed by atoms with van der Waals surface area (Å²) in [6.45, 7) is 2.16. The summed E-state index contributed by atoms with van der Waals surface area (Å²) in [7, 11) is 0. The SMILES string of the molecule is Cc1c(Br)cccc1NC1CCCCc2ccccc21. The average molecular weight is 330 g/mol. The minimum absolute atomic E-state index is 0.432. The second-order valence-corrected chi connectivity index (χ2v) is 6.41. The molecule has 1 atom stereocenters. The Labute approximate surface area is 129 Å². The zero-order valence-electron chi connectivity index (χ0n) is 11.8. The fourth-order valence-corrected chi connectivity index (χ4v) is 3.39. The summed E-state index contributed by atoms with van der Waals surface area (Å²) in [5, 5.41) is 3.76. The molecule has 2 aromatic rings. The third kappa shape index (κ3) is 2.76. The third-order valence-electron chi connectivity index (χ3n) is 4.22. The lowest BCUT2D eigenvalue weighted by Crippen LogP contribution is -2.12. The van der Waals surface area contributed by atoms with Crippen LogP contribution in [0.25, 0.3) is 0 Å². The average Bonchev–Trinajstić information content (AvgIpc) is 2.67. The summed E-state index contributed by atoms with van der Waals surface area (Å²) in [5.41, 5.74) is 5.51. The van der Waals surface area contributed by atoms with Crippen molar-refractivity contribution in [3.63, 3.8) is 0 Å². The molecule has 2 heteroatoms. The Kier molecular flexibility index (Phi) is 4.11. The van der Waals surface area contributed by atoms with Crippen LogP contribution in [-0.4, -0.2) is 0 Å². The van der Waals surface area contributed by atoms with E-state index < -0.39 is 0 Å². The summed E-state index contributed by atoms with van der Waals surface area (Å²) in [6.07, 6.45) is 5.01. The summed E-state index contributed by atoms with van der Waals surface area (Å²) >= 11 is 3.62. The van der Waals surface area contributed by atoms with Gasteiger partial charge in [0.2, 0.25) is 0 Å². The molecule has 0 amide bonds. The largest absolute Gasteiger partial charge is 0.378 e. The lowest BCUT2D eigenvalue weighted by Gasteiger charge is -2.22. The lowest BCUT2D eigenvalue weighted by atomic mass is 9.98. The van der Waals surface area contributed by atoms with E-state index in [0.29, 0.717) is 6.04 Å². The maximum absolute atomic E-state index is 3.76. The van der Waals surface area contributed by atoms with Crippen LogP contribution in [-0.2, 0) is 6.42 Å². The van der Waals surface area contributed by atoms with Crippen molar-refractivity contribution < 1.29 is 0 Å². The van der Waals surface area contributed by atoms with E-state index in [4.69, 9.17) is 0 Å². The van der Waals surface area contributed by atoms with E-state index >= 15 is 0 Å². The molecule has 1 unspecified atom stereocenters. The fourth-order valence-electron chi connectivity index (χ4n) is 3.02. The van der Waals surface area contributed by atoms with Gasteiger partial charge in [0, 0.05) is 10.2 Å². The third-order valence-corrected chi connectivity index (χ3v) is 5.08. The highest BCUT2D eigenvalue weighted by molar-refractivity contribution is 9.10. The molecule has 3 rings (SSSR count). The highest BCUT2D eigenvalue weighted by Gasteiger charge is 2.18. The predicted molar refractivity (Wildman–Crippen MR) is 89.2 cm³/mol. The summed E-state index contributed by atoms with van der Waals surface area (Å²) in [5.74, 6) is 0. The van der Waals surface area contributed by atoms with Gasteiger partial charge >= 0.3 is 0 Å². The molecule has 2 aromatic carbocycles. The van der Waals surface area contributed by atoms with Gasteiger partial charge in [-0.2, -0.15) is 0 Å². The number of rotatable bonds is 2. The van der Waals surface area contributed by atoms with Gasteiger partial charge in [0.1, 0.15) is 0 Å². The molecule has 1 nitrogen and oxygen atoms in total. The molecule has 1 aliphatic rings. The van der Waals surface area contributed by atoms with Crippen molar-refractivity contribution in [2.75, 3.05) is 5.32 Å². The molecule has 0 bridgehead atoms. The zero-order chi connectivity index (χ0) is 13.9. The molecule has 20 heavy (non-hydrogen) atoms. The number of fused-ring (bicyclic) bond motifs is 1.